The van der Waals surface area contributed by atoms with Gasteiger partial charge in [0.1, 0.15) is 0 Å². The fraction of sp³-hybridized carbons (Fsp3) is 0.667. The zero-order valence-electron chi connectivity index (χ0n) is 13.2. The molecule has 0 spiro atoms. The van der Waals surface area contributed by atoms with Gasteiger partial charge in [-0.1, -0.05) is 44.5 Å². The largest absolute Gasteiger partial charge is 0.309 e. The van der Waals surface area contributed by atoms with Crippen LogP contribution in [0, 0.1) is 0 Å². The van der Waals surface area contributed by atoms with Crippen LogP contribution in [-0.4, -0.2) is 28.6 Å². The smallest absolute Gasteiger partial charge is 0.0451 e. The molecule has 21 heavy (non-hydrogen) atoms. The molecular weight excluding hydrogens is 294 g/mol. The predicted octanol–water partition coefficient (Wildman–Crippen LogP) is 4.84. The van der Waals surface area contributed by atoms with Crippen molar-refractivity contribution in [1.29, 1.82) is 0 Å². The minimum absolute atomic E-state index is 0.503. The standard InChI is InChI=1S/C18H27NS2/c1-3-19-17(18-13(2)20-10-11-21-18)16-9-5-8-15(12-16)14-6-4-7-14/h5,8-9,12-14,17-19H,3-4,6-7,10-11H2,1-2H3. The molecule has 2 fully saturated rings. The van der Waals surface area contributed by atoms with Crippen LogP contribution in [0.5, 0.6) is 0 Å². The minimum atomic E-state index is 0.503. The summed E-state index contributed by atoms with van der Waals surface area (Å²) < 4.78 is 0. The Morgan fingerprint density at radius 1 is 1.24 bits per heavy atom. The Balaban J connectivity index is 1.82. The molecule has 3 rings (SSSR count). The molecule has 116 valence electrons. The summed E-state index contributed by atoms with van der Waals surface area (Å²) in [5, 5.41) is 5.20. The topological polar surface area (TPSA) is 12.0 Å². The Hall–Kier alpha value is -0.120. The molecule has 1 aliphatic heterocycles. The highest BCUT2D eigenvalue weighted by atomic mass is 32.2. The molecule has 1 aromatic rings. The van der Waals surface area contributed by atoms with Crippen molar-refractivity contribution in [2.75, 3.05) is 18.1 Å². The van der Waals surface area contributed by atoms with E-state index in [-0.39, 0.29) is 0 Å². The van der Waals surface area contributed by atoms with Crippen LogP contribution in [-0.2, 0) is 0 Å². The first-order chi connectivity index (χ1) is 10.3. The fourth-order valence-corrected chi connectivity index (χ4v) is 6.36. The molecule has 3 heteroatoms. The molecule has 1 aliphatic carbocycles. The Morgan fingerprint density at radius 2 is 2.05 bits per heavy atom. The van der Waals surface area contributed by atoms with Crippen LogP contribution in [0.1, 0.15) is 56.2 Å². The lowest BCUT2D eigenvalue weighted by Gasteiger charge is -2.36. The van der Waals surface area contributed by atoms with Crippen molar-refractivity contribution < 1.29 is 0 Å². The predicted molar refractivity (Wildman–Crippen MR) is 97.6 cm³/mol. The first kappa shape index (κ1) is 15.8. The van der Waals surface area contributed by atoms with Crippen molar-refractivity contribution in [2.45, 2.75) is 55.6 Å². The van der Waals surface area contributed by atoms with E-state index in [1.807, 2.05) is 0 Å². The van der Waals surface area contributed by atoms with Crippen molar-refractivity contribution in [3.63, 3.8) is 0 Å². The summed E-state index contributed by atoms with van der Waals surface area (Å²) in [4.78, 5) is 0. The third-order valence-electron chi connectivity index (χ3n) is 4.84. The van der Waals surface area contributed by atoms with Gasteiger partial charge >= 0.3 is 0 Å². The Bertz CT molecular complexity index is 458. The molecule has 1 nitrogen and oxygen atoms in total. The number of hydrogen-bond acceptors (Lipinski definition) is 3. The number of hydrogen-bond donors (Lipinski definition) is 1. The van der Waals surface area contributed by atoms with Gasteiger partial charge in [-0.3, -0.25) is 0 Å². The molecule has 1 heterocycles. The van der Waals surface area contributed by atoms with E-state index >= 15 is 0 Å². The third-order valence-corrected chi connectivity index (χ3v) is 8.03. The summed E-state index contributed by atoms with van der Waals surface area (Å²) in [6.07, 6.45) is 4.19. The van der Waals surface area contributed by atoms with Crippen molar-refractivity contribution in [3.8, 4) is 0 Å². The van der Waals surface area contributed by atoms with Crippen molar-refractivity contribution in [2.24, 2.45) is 0 Å². The minimum Gasteiger partial charge on any atom is -0.309 e. The molecule has 0 amide bonds. The lowest BCUT2D eigenvalue weighted by Crippen LogP contribution is -2.37. The third kappa shape index (κ3) is 3.62. The van der Waals surface area contributed by atoms with E-state index in [1.165, 1.54) is 36.3 Å². The van der Waals surface area contributed by atoms with Gasteiger partial charge in [0, 0.05) is 28.0 Å². The normalized spacial score (nSPS) is 28.1. The van der Waals surface area contributed by atoms with E-state index < -0.39 is 0 Å². The van der Waals surface area contributed by atoms with Gasteiger partial charge in [0.05, 0.1) is 0 Å². The highest BCUT2D eigenvalue weighted by Crippen LogP contribution is 2.41. The maximum absolute atomic E-state index is 3.77. The second-order valence-electron chi connectivity index (χ2n) is 6.24. The highest BCUT2D eigenvalue weighted by Gasteiger charge is 2.31. The molecular formula is C18H27NS2. The molecule has 3 unspecified atom stereocenters. The number of thioether (sulfide) groups is 2. The van der Waals surface area contributed by atoms with E-state index in [4.69, 9.17) is 0 Å². The van der Waals surface area contributed by atoms with Crippen molar-refractivity contribution in [1.82, 2.24) is 5.32 Å². The van der Waals surface area contributed by atoms with Crippen LogP contribution in [0.15, 0.2) is 24.3 Å². The van der Waals surface area contributed by atoms with Crippen LogP contribution < -0.4 is 5.32 Å². The van der Waals surface area contributed by atoms with Crippen LogP contribution in [0.4, 0.5) is 0 Å². The van der Waals surface area contributed by atoms with Gasteiger partial charge in [-0.15, -0.1) is 0 Å². The molecule has 0 radical (unpaired) electrons. The van der Waals surface area contributed by atoms with Gasteiger partial charge < -0.3 is 5.32 Å². The summed E-state index contributed by atoms with van der Waals surface area (Å²) in [7, 11) is 0. The average Bonchev–Trinajstić information content (AvgIpc) is 2.44. The molecule has 0 bridgehead atoms. The molecule has 0 aromatic heterocycles. The maximum atomic E-state index is 3.77. The summed E-state index contributed by atoms with van der Waals surface area (Å²) in [5.74, 6) is 3.44. The fourth-order valence-electron chi connectivity index (χ4n) is 3.41. The second kappa shape index (κ2) is 7.43. The number of rotatable bonds is 5. The molecule has 1 aromatic carbocycles. The second-order valence-corrected chi connectivity index (χ2v) is 9.02. The SMILES string of the molecule is CCNC(c1cccc(C2CCC2)c1)C1SCCSC1C. The van der Waals surface area contributed by atoms with Crippen molar-refractivity contribution in [3.05, 3.63) is 35.4 Å². The van der Waals surface area contributed by atoms with Crippen molar-refractivity contribution >= 4 is 23.5 Å². The van der Waals surface area contributed by atoms with Gasteiger partial charge in [0.25, 0.3) is 0 Å². The lowest BCUT2D eigenvalue weighted by molar-refractivity contribution is 0.418. The van der Waals surface area contributed by atoms with Crippen LogP contribution in [0.25, 0.3) is 0 Å². The van der Waals surface area contributed by atoms with E-state index in [9.17, 15) is 0 Å². The first-order valence-electron chi connectivity index (χ1n) is 8.36. The highest BCUT2D eigenvalue weighted by molar-refractivity contribution is 8.07. The zero-order chi connectivity index (χ0) is 14.7. The van der Waals surface area contributed by atoms with Crippen LogP contribution >= 0.6 is 23.5 Å². The quantitative estimate of drug-likeness (QED) is 0.833. The number of benzene rings is 1. The van der Waals surface area contributed by atoms with E-state index in [2.05, 4.69) is 67.0 Å². The Kier molecular flexibility index (Phi) is 5.58. The summed E-state index contributed by atoms with van der Waals surface area (Å²) >= 11 is 4.31. The average molecular weight is 322 g/mol. The van der Waals surface area contributed by atoms with Gasteiger partial charge in [-0.25, -0.2) is 0 Å². The molecule has 1 N–H and O–H groups in total. The van der Waals surface area contributed by atoms with Gasteiger partial charge in [0.15, 0.2) is 0 Å². The molecule has 1 saturated heterocycles. The number of nitrogens with one attached hydrogen (secondary N) is 1. The van der Waals surface area contributed by atoms with E-state index in [0.717, 1.165) is 17.7 Å². The summed E-state index contributed by atoms with van der Waals surface area (Å²) in [6, 6.07) is 9.94. The lowest BCUT2D eigenvalue weighted by atomic mass is 9.79. The van der Waals surface area contributed by atoms with E-state index in [1.54, 1.807) is 5.56 Å². The maximum Gasteiger partial charge on any atom is 0.0451 e. The van der Waals surface area contributed by atoms with Gasteiger partial charge in [0.2, 0.25) is 0 Å². The molecule has 3 atom stereocenters. The summed E-state index contributed by atoms with van der Waals surface area (Å²) in [6.45, 7) is 5.68. The van der Waals surface area contributed by atoms with E-state index in [0.29, 0.717) is 11.3 Å². The van der Waals surface area contributed by atoms with Crippen LogP contribution in [0.3, 0.4) is 0 Å². The van der Waals surface area contributed by atoms with Crippen LogP contribution in [0.2, 0.25) is 0 Å². The zero-order valence-corrected chi connectivity index (χ0v) is 14.8. The Morgan fingerprint density at radius 3 is 2.71 bits per heavy atom. The molecule has 2 aliphatic rings. The summed E-state index contributed by atoms with van der Waals surface area (Å²) in [5.41, 5.74) is 3.08. The first-order valence-corrected chi connectivity index (χ1v) is 10.5. The van der Waals surface area contributed by atoms with Gasteiger partial charge in [-0.05, 0) is 36.4 Å². The molecule has 1 saturated carbocycles. The monoisotopic (exact) mass is 321 g/mol. The van der Waals surface area contributed by atoms with Gasteiger partial charge in [-0.2, -0.15) is 23.5 Å². The Labute approximate surface area is 138 Å².